The molecule has 0 unspecified atom stereocenters. The van der Waals surface area contributed by atoms with Gasteiger partial charge in [0.25, 0.3) is 0 Å². The van der Waals surface area contributed by atoms with Gasteiger partial charge in [0.2, 0.25) is 0 Å². The third-order valence-electron chi connectivity index (χ3n) is 2.72. The van der Waals surface area contributed by atoms with E-state index in [1.165, 1.54) is 6.07 Å². The van der Waals surface area contributed by atoms with Crippen molar-refractivity contribution < 1.29 is 9.90 Å². The number of benzene rings is 2. The summed E-state index contributed by atoms with van der Waals surface area (Å²) in [7, 11) is 0. The van der Waals surface area contributed by atoms with Crippen molar-refractivity contribution in [2.75, 3.05) is 0 Å². The Hall–Kier alpha value is -2.78. The van der Waals surface area contributed by atoms with Crippen LogP contribution in [0.3, 0.4) is 0 Å². The summed E-state index contributed by atoms with van der Waals surface area (Å²) >= 11 is 0. The highest BCUT2D eigenvalue weighted by molar-refractivity contribution is 5.96. The summed E-state index contributed by atoms with van der Waals surface area (Å²) < 4.78 is 0. The number of carbonyl (C=O) groups is 1. The van der Waals surface area contributed by atoms with Crippen LogP contribution in [0.2, 0.25) is 0 Å². The van der Waals surface area contributed by atoms with E-state index < -0.39 is 5.97 Å². The molecule has 1 N–H and O–H groups in total. The van der Waals surface area contributed by atoms with E-state index in [4.69, 9.17) is 5.53 Å². The van der Waals surface area contributed by atoms with Crippen LogP contribution < -0.4 is 0 Å². The van der Waals surface area contributed by atoms with E-state index >= 15 is 0 Å². The van der Waals surface area contributed by atoms with Crippen LogP contribution in [0.1, 0.15) is 15.9 Å². The van der Waals surface area contributed by atoms with Gasteiger partial charge in [-0.05, 0) is 28.3 Å². The van der Waals surface area contributed by atoms with Crippen molar-refractivity contribution in [3.05, 3.63) is 70.1 Å². The molecular weight excluding hydrogens is 242 g/mol. The average Bonchev–Trinajstić information content (AvgIpc) is 2.45. The predicted octanol–water partition coefficient (Wildman–Crippen LogP) is 3.86. The molecule has 0 aromatic heterocycles. The van der Waals surface area contributed by atoms with Crippen LogP contribution >= 0.6 is 0 Å². The molecule has 94 valence electrons. The summed E-state index contributed by atoms with van der Waals surface area (Å²) in [5.74, 6) is -0.978. The fraction of sp³-hybridized carbons (Fsp3) is 0.0714. The number of nitrogens with zero attached hydrogens (tertiary/aromatic N) is 3. The maximum Gasteiger partial charge on any atom is 0.336 e. The van der Waals surface area contributed by atoms with Gasteiger partial charge in [0.05, 0.1) is 12.1 Å². The molecule has 0 bridgehead atoms. The van der Waals surface area contributed by atoms with Gasteiger partial charge < -0.3 is 5.11 Å². The highest BCUT2D eigenvalue weighted by Gasteiger charge is 2.11. The normalized spacial score (nSPS) is 9.68. The topological polar surface area (TPSA) is 86.1 Å². The first kappa shape index (κ1) is 12.7. The number of carboxylic acids is 1. The first-order valence-corrected chi connectivity index (χ1v) is 5.65. The van der Waals surface area contributed by atoms with Crippen molar-refractivity contribution >= 4 is 5.97 Å². The summed E-state index contributed by atoms with van der Waals surface area (Å²) in [5.41, 5.74) is 10.8. The Morgan fingerprint density at radius 2 is 1.95 bits per heavy atom. The minimum atomic E-state index is -0.978. The zero-order valence-electron chi connectivity index (χ0n) is 10.0. The van der Waals surface area contributed by atoms with Gasteiger partial charge in [-0.3, -0.25) is 0 Å². The summed E-state index contributed by atoms with van der Waals surface area (Å²) in [6.45, 7) is 0.205. The van der Waals surface area contributed by atoms with Gasteiger partial charge in [-0.25, -0.2) is 4.79 Å². The van der Waals surface area contributed by atoms with Crippen LogP contribution in [-0.4, -0.2) is 11.1 Å². The Kier molecular flexibility index (Phi) is 3.81. The van der Waals surface area contributed by atoms with E-state index in [0.717, 1.165) is 11.1 Å². The summed E-state index contributed by atoms with van der Waals surface area (Å²) in [4.78, 5) is 13.9. The molecule has 0 aliphatic heterocycles. The number of hydrogen-bond acceptors (Lipinski definition) is 2. The zero-order chi connectivity index (χ0) is 13.7. The Labute approximate surface area is 109 Å². The smallest absolute Gasteiger partial charge is 0.336 e. The van der Waals surface area contributed by atoms with Crippen LogP contribution in [0.25, 0.3) is 21.6 Å². The van der Waals surface area contributed by atoms with E-state index in [1.807, 2.05) is 30.3 Å². The lowest BCUT2D eigenvalue weighted by atomic mass is 9.97. The van der Waals surface area contributed by atoms with Gasteiger partial charge in [0.1, 0.15) is 0 Å². The lowest BCUT2D eigenvalue weighted by Gasteiger charge is -2.08. The Morgan fingerprint density at radius 1 is 1.21 bits per heavy atom. The molecule has 0 saturated heterocycles. The molecule has 0 radical (unpaired) electrons. The number of rotatable bonds is 4. The van der Waals surface area contributed by atoms with Crippen molar-refractivity contribution in [1.29, 1.82) is 0 Å². The Bertz CT molecular complexity index is 647. The lowest BCUT2D eigenvalue weighted by Crippen LogP contribution is -2.00. The lowest BCUT2D eigenvalue weighted by molar-refractivity contribution is 0.0697. The molecule has 2 aromatic rings. The monoisotopic (exact) mass is 253 g/mol. The predicted molar refractivity (Wildman–Crippen MR) is 71.7 cm³/mol. The van der Waals surface area contributed by atoms with Crippen LogP contribution in [-0.2, 0) is 6.54 Å². The number of hydrogen-bond donors (Lipinski definition) is 1. The summed E-state index contributed by atoms with van der Waals surface area (Å²) in [6, 6.07) is 14.2. The molecule has 5 heteroatoms. The quantitative estimate of drug-likeness (QED) is 0.509. The molecule has 2 rings (SSSR count). The van der Waals surface area contributed by atoms with Crippen LogP contribution in [0.4, 0.5) is 0 Å². The van der Waals surface area contributed by atoms with Gasteiger partial charge in [0, 0.05) is 4.91 Å². The maximum atomic E-state index is 11.2. The van der Waals surface area contributed by atoms with E-state index in [0.29, 0.717) is 5.56 Å². The molecule has 5 nitrogen and oxygen atoms in total. The fourth-order valence-corrected chi connectivity index (χ4v) is 1.85. The first-order valence-electron chi connectivity index (χ1n) is 5.65. The van der Waals surface area contributed by atoms with E-state index in [-0.39, 0.29) is 12.1 Å². The number of carboxylic acid groups (broad SMARTS) is 1. The van der Waals surface area contributed by atoms with Gasteiger partial charge in [-0.1, -0.05) is 47.6 Å². The van der Waals surface area contributed by atoms with E-state index in [1.54, 1.807) is 12.1 Å². The highest BCUT2D eigenvalue weighted by atomic mass is 16.4. The number of azide groups is 1. The first-order chi connectivity index (χ1) is 9.22. The largest absolute Gasteiger partial charge is 0.478 e. The second-order valence-electron chi connectivity index (χ2n) is 3.94. The molecule has 0 amide bonds. The SMILES string of the molecule is [N-]=[N+]=NCc1ccc(C(=O)O)c(-c2ccccc2)c1. The summed E-state index contributed by atoms with van der Waals surface area (Å²) in [6.07, 6.45) is 0. The second kappa shape index (κ2) is 5.71. The Balaban J connectivity index is 2.54. The highest BCUT2D eigenvalue weighted by Crippen LogP contribution is 2.25. The zero-order valence-corrected chi connectivity index (χ0v) is 10.0. The maximum absolute atomic E-state index is 11.2. The third kappa shape index (κ3) is 2.91. The van der Waals surface area contributed by atoms with Crippen LogP contribution in [0, 0.1) is 0 Å². The van der Waals surface area contributed by atoms with Crippen molar-refractivity contribution in [2.24, 2.45) is 5.11 Å². The van der Waals surface area contributed by atoms with Crippen LogP contribution in [0.15, 0.2) is 53.6 Å². The van der Waals surface area contributed by atoms with E-state index in [9.17, 15) is 9.90 Å². The van der Waals surface area contributed by atoms with Crippen molar-refractivity contribution in [2.45, 2.75) is 6.54 Å². The molecule has 0 aliphatic rings. The molecule has 0 saturated carbocycles. The van der Waals surface area contributed by atoms with Gasteiger partial charge >= 0.3 is 5.97 Å². The Morgan fingerprint density at radius 3 is 2.58 bits per heavy atom. The van der Waals surface area contributed by atoms with E-state index in [2.05, 4.69) is 10.0 Å². The molecule has 19 heavy (non-hydrogen) atoms. The van der Waals surface area contributed by atoms with Gasteiger partial charge in [-0.2, -0.15) is 0 Å². The minimum absolute atomic E-state index is 0.205. The molecule has 0 aliphatic carbocycles. The average molecular weight is 253 g/mol. The third-order valence-corrected chi connectivity index (χ3v) is 2.72. The standard InChI is InChI=1S/C14H11N3O2/c15-17-16-9-10-6-7-12(14(18)19)13(8-10)11-4-2-1-3-5-11/h1-8H,9H2,(H,18,19). The molecule has 0 spiro atoms. The molecule has 0 atom stereocenters. The fourth-order valence-electron chi connectivity index (χ4n) is 1.85. The van der Waals surface area contributed by atoms with Crippen LogP contribution in [0.5, 0.6) is 0 Å². The number of aromatic carboxylic acids is 1. The van der Waals surface area contributed by atoms with Crippen molar-refractivity contribution in [3.8, 4) is 11.1 Å². The molecule has 0 fully saturated rings. The molecular formula is C14H11N3O2. The van der Waals surface area contributed by atoms with Crippen molar-refractivity contribution in [3.63, 3.8) is 0 Å². The molecule has 0 heterocycles. The van der Waals surface area contributed by atoms with Crippen molar-refractivity contribution in [1.82, 2.24) is 0 Å². The minimum Gasteiger partial charge on any atom is -0.478 e. The van der Waals surface area contributed by atoms with Gasteiger partial charge in [0.15, 0.2) is 0 Å². The summed E-state index contributed by atoms with van der Waals surface area (Å²) in [5, 5.41) is 12.7. The second-order valence-corrected chi connectivity index (χ2v) is 3.94. The van der Waals surface area contributed by atoms with Gasteiger partial charge in [-0.15, -0.1) is 0 Å². The molecule has 2 aromatic carbocycles.